The summed E-state index contributed by atoms with van der Waals surface area (Å²) in [6.45, 7) is 2.14. The lowest BCUT2D eigenvalue weighted by molar-refractivity contribution is -0.154. The highest BCUT2D eigenvalue weighted by atomic mass is 35.5. The SMILES string of the molecule is CC(C)(CNC(=O)C(=O)NCN)CNC(=O)c1ccc(Nc2nc(NC3(c4ccc(Cl)cc4)CC3)nc(OCC(F)(F)F)n2)cc1. The number of rotatable bonds is 13. The Morgan fingerprint density at radius 3 is 2.11 bits per heavy atom. The summed E-state index contributed by atoms with van der Waals surface area (Å²) in [6.07, 6.45) is -3.12. The molecule has 1 fully saturated rings. The molecular formula is C29H33ClF3N9O4. The molecule has 0 spiro atoms. The molecule has 2 aromatic carbocycles. The van der Waals surface area contributed by atoms with E-state index in [0.717, 1.165) is 18.4 Å². The van der Waals surface area contributed by atoms with Crippen LogP contribution in [0.1, 0.15) is 42.6 Å². The summed E-state index contributed by atoms with van der Waals surface area (Å²) >= 11 is 6.01. The molecular weight excluding hydrogens is 631 g/mol. The fraction of sp³-hybridized carbons (Fsp3) is 0.379. The van der Waals surface area contributed by atoms with Crippen LogP contribution >= 0.6 is 11.6 Å². The van der Waals surface area contributed by atoms with Gasteiger partial charge in [-0.2, -0.15) is 28.1 Å². The van der Waals surface area contributed by atoms with E-state index in [-0.39, 0.29) is 31.7 Å². The fourth-order valence-corrected chi connectivity index (χ4v) is 4.29. The predicted molar refractivity (Wildman–Crippen MR) is 163 cm³/mol. The first-order chi connectivity index (χ1) is 21.7. The molecule has 3 aromatic rings. The van der Waals surface area contributed by atoms with Gasteiger partial charge in [0.2, 0.25) is 11.9 Å². The van der Waals surface area contributed by atoms with Crippen molar-refractivity contribution in [2.75, 3.05) is 37.0 Å². The third kappa shape index (κ3) is 9.90. The minimum Gasteiger partial charge on any atom is -0.454 e. The zero-order valence-corrected chi connectivity index (χ0v) is 25.7. The van der Waals surface area contributed by atoms with E-state index in [1.54, 1.807) is 38.1 Å². The average molecular weight is 664 g/mol. The van der Waals surface area contributed by atoms with Crippen LogP contribution in [0.4, 0.5) is 30.8 Å². The Kier molecular flexibility index (Phi) is 10.5. The molecule has 13 nitrogen and oxygen atoms in total. The number of nitrogens with one attached hydrogen (secondary N) is 5. The van der Waals surface area contributed by atoms with E-state index in [0.29, 0.717) is 16.3 Å². The van der Waals surface area contributed by atoms with Gasteiger partial charge in [0.1, 0.15) is 0 Å². The zero-order chi connectivity index (χ0) is 33.5. The molecule has 246 valence electrons. The second kappa shape index (κ2) is 14.2. The summed E-state index contributed by atoms with van der Waals surface area (Å²) in [6, 6.07) is 12.9. The van der Waals surface area contributed by atoms with Crippen molar-refractivity contribution in [2.24, 2.45) is 11.1 Å². The molecule has 1 aliphatic carbocycles. The Labute approximate surface area is 267 Å². The van der Waals surface area contributed by atoms with E-state index in [9.17, 15) is 27.6 Å². The number of halogens is 4. The Morgan fingerprint density at radius 1 is 0.891 bits per heavy atom. The molecule has 0 atom stereocenters. The smallest absolute Gasteiger partial charge is 0.422 e. The number of carbonyl (C=O) groups excluding carboxylic acids is 3. The highest BCUT2D eigenvalue weighted by molar-refractivity contribution is 6.35. The highest BCUT2D eigenvalue weighted by Crippen LogP contribution is 2.48. The van der Waals surface area contributed by atoms with Gasteiger partial charge in [-0.1, -0.05) is 37.6 Å². The third-order valence-corrected chi connectivity index (χ3v) is 7.06. The normalized spacial score (nSPS) is 13.7. The number of carbonyl (C=O) groups is 3. The van der Waals surface area contributed by atoms with Gasteiger partial charge in [-0.15, -0.1) is 0 Å². The van der Waals surface area contributed by atoms with Gasteiger partial charge in [-0.25, -0.2) is 0 Å². The minimum atomic E-state index is -4.60. The van der Waals surface area contributed by atoms with Crippen LogP contribution in [0.3, 0.4) is 0 Å². The minimum absolute atomic E-state index is 0.0111. The van der Waals surface area contributed by atoms with Crippen molar-refractivity contribution in [3.8, 4) is 6.01 Å². The van der Waals surface area contributed by atoms with Gasteiger partial charge < -0.3 is 37.1 Å². The second-order valence-corrected chi connectivity index (χ2v) is 11.8. The van der Waals surface area contributed by atoms with Crippen LogP contribution in [0.2, 0.25) is 5.02 Å². The van der Waals surface area contributed by atoms with E-state index < -0.39 is 47.5 Å². The lowest BCUT2D eigenvalue weighted by atomic mass is 9.93. The zero-order valence-electron chi connectivity index (χ0n) is 24.9. The summed E-state index contributed by atoms with van der Waals surface area (Å²) in [5.41, 5.74) is 5.77. The number of aromatic nitrogens is 3. The maximum Gasteiger partial charge on any atom is 0.422 e. The lowest BCUT2D eigenvalue weighted by Crippen LogP contribution is -2.47. The van der Waals surface area contributed by atoms with Crippen LogP contribution in [0, 0.1) is 5.41 Å². The van der Waals surface area contributed by atoms with Gasteiger partial charge in [0.25, 0.3) is 5.91 Å². The van der Waals surface area contributed by atoms with Crippen molar-refractivity contribution in [3.63, 3.8) is 0 Å². The number of ether oxygens (including phenoxy) is 1. The number of nitrogens with two attached hydrogens (primary N) is 1. The lowest BCUT2D eigenvalue weighted by Gasteiger charge is -2.25. The van der Waals surface area contributed by atoms with Gasteiger partial charge in [-0.05, 0) is 60.2 Å². The molecule has 0 aliphatic heterocycles. The Morgan fingerprint density at radius 2 is 1.50 bits per heavy atom. The summed E-state index contributed by atoms with van der Waals surface area (Å²) < 4.78 is 43.4. The standard InChI is InChI=1S/C29H33ClF3N9O4/c1-27(2,14-36-22(44)23(45)37-16-34)13-35-21(43)17-3-9-20(10-4-17)38-24-39-25(41-26(40-24)46-15-29(31,32)33)42-28(11-12-28)18-5-7-19(30)8-6-18/h3-10H,11-16,34H2,1-2H3,(H,35,43)(H,36,44)(H,37,45)(H2,38,39,40,41,42). The van der Waals surface area contributed by atoms with E-state index in [2.05, 4.69) is 41.5 Å². The fourth-order valence-electron chi connectivity index (χ4n) is 4.16. The van der Waals surface area contributed by atoms with E-state index >= 15 is 0 Å². The molecule has 0 radical (unpaired) electrons. The average Bonchev–Trinajstić information content (AvgIpc) is 3.78. The van der Waals surface area contributed by atoms with Crippen molar-refractivity contribution in [2.45, 2.75) is 38.4 Å². The summed E-state index contributed by atoms with van der Waals surface area (Å²) in [5, 5.41) is 14.1. The van der Waals surface area contributed by atoms with Crippen molar-refractivity contribution in [1.29, 1.82) is 0 Å². The summed E-state index contributed by atoms with van der Waals surface area (Å²) in [7, 11) is 0. The van der Waals surface area contributed by atoms with Gasteiger partial charge in [0.15, 0.2) is 6.61 Å². The number of benzene rings is 2. The molecule has 1 heterocycles. The van der Waals surface area contributed by atoms with Gasteiger partial charge in [0, 0.05) is 29.4 Å². The molecule has 7 N–H and O–H groups in total. The van der Waals surface area contributed by atoms with Crippen LogP contribution in [0.25, 0.3) is 0 Å². The number of nitrogens with zero attached hydrogens (tertiary/aromatic N) is 3. The molecule has 1 aromatic heterocycles. The van der Waals surface area contributed by atoms with Crippen molar-refractivity contribution in [1.82, 2.24) is 30.9 Å². The Bertz CT molecular complexity index is 1550. The molecule has 4 rings (SSSR count). The molecule has 1 saturated carbocycles. The van der Waals surface area contributed by atoms with Gasteiger partial charge in [-0.3, -0.25) is 14.4 Å². The van der Waals surface area contributed by atoms with E-state index in [1.807, 2.05) is 12.1 Å². The number of hydrogen-bond acceptors (Lipinski definition) is 10. The maximum absolute atomic E-state index is 12.9. The topological polar surface area (TPSA) is 185 Å². The monoisotopic (exact) mass is 663 g/mol. The quantitative estimate of drug-likeness (QED) is 0.117. The Hall–Kier alpha value is -4.70. The van der Waals surface area contributed by atoms with Crippen LogP contribution in [-0.2, 0) is 15.1 Å². The van der Waals surface area contributed by atoms with Gasteiger partial charge >= 0.3 is 24.0 Å². The second-order valence-electron chi connectivity index (χ2n) is 11.3. The van der Waals surface area contributed by atoms with Crippen LogP contribution < -0.4 is 37.1 Å². The van der Waals surface area contributed by atoms with E-state index in [4.69, 9.17) is 22.1 Å². The first kappa shape index (κ1) is 34.2. The number of alkyl halides is 3. The molecule has 1 aliphatic rings. The molecule has 0 unspecified atom stereocenters. The molecule has 0 bridgehead atoms. The molecule has 17 heteroatoms. The Balaban J connectivity index is 1.41. The number of hydrogen-bond donors (Lipinski definition) is 6. The van der Waals surface area contributed by atoms with Crippen LogP contribution in [0.15, 0.2) is 48.5 Å². The van der Waals surface area contributed by atoms with Crippen LogP contribution in [-0.4, -0.2) is 65.2 Å². The van der Waals surface area contributed by atoms with Gasteiger partial charge in [0.05, 0.1) is 12.2 Å². The number of amides is 3. The van der Waals surface area contributed by atoms with Crippen molar-refractivity contribution >= 4 is 46.9 Å². The summed E-state index contributed by atoms with van der Waals surface area (Å²) in [4.78, 5) is 48.4. The largest absolute Gasteiger partial charge is 0.454 e. The first-order valence-electron chi connectivity index (χ1n) is 14.1. The maximum atomic E-state index is 12.9. The first-order valence-corrected chi connectivity index (χ1v) is 14.5. The molecule has 46 heavy (non-hydrogen) atoms. The molecule has 3 amide bonds. The third-order valence-electron chi connectivity index (χ3n) is 6.80. The van der Waals surface area contributed by atoms with Crippen molar-refractivity contribution in [3.05, 3.63) is 64.7 Å². The number of anilines is 3. The highest BCUT2D eigenvalue weighted by Gasteiger charge is 2.45. The van der Waals surface area contributed by atoms with Crippen molar-refractivity contribution < 1.29 is 32.3 Å². The summed E-state index contributed by atoms with van der Waals surface area (Å²) in [5.74, 6) is -2.14. The van der Waals surface area contributed by atoms with Crippen LogP contribution in [0.5, 0.6) is 6.01 Å². The van der Waals surface area contributed by atoms with E-state index in [1.165, 1.54) is 12.1 Å². The predicted octanol–water partition coefficient (Wildman–Crippen LogP) is 3.22. The molecule has 0 saturated heterocycles.